The predicted octanol–water partition coefficient (Wildman–Crippen LogP) is 0.308. The van der Waals surface area contributed by atoms with Crippen molar-refractivity contribution >= 4 is 0 Å². The van der Waals surface area contributed by atoms with Gasteiger partial charge in [0.2, 0.25) is 0 Å². The summed E-state index contributed by atoms with van der Waals surface area (Å²) >= 11 is 0. The highest BCUT2D eigenvalue weighted by Gasteiger charge is 2.24. The summed E-state index contributed by atoms with van der Waals surface area (Å²) in [5.74, 6) is 0. The molecule has 2 heterocycles. The molecule has 2 aliphatic heterocycles. The van der Waals surface area contributed by atoms with Crippen molar-refractivity contribution in [2.45, 2.75) is 25.3 Å². The zero-order valence-electron chi connectivity index (χ0n) is 12.2. The highest BCUT2D eigenvalue weighted by molar-refractivity contribution is 4.82. The Morgan fingerprint density at radius 2 is 1.72 bits per heavy atom. The molecule has 1 N–H and O–H groups in total. The van der Waals surface area contributed by atoms with Crippen molar-refractivity contribution < 1.29 is 0 Å². The lowest BCUT2D eigenvalue weighted by Crippen LogP contribution is -2.52. The molecular formula is C14H30N4. The lowest BCUT2D eigenvalue weighted by atomic mass is 10.0. The highest BCUT2D eigenvalue weighted by Crippen LogP contribution is 2.17. The molecule has 2 aliphatic rings. The summed E-state index contributed by atoms with van der Waals surface area (Å²) < 4.78 is 0. The van der Waals surface area contributed by atoms with Crippen molar-refractivity contribution in [3.05, 3.63) is 0 Å². The van der Waals surface area contributed by atoms with Crippen LogP contribution in [-0.4, -0.2) is 87.2 Å². The molecule has 2 fully saturated rings. The second-order valence-electron chi connectivity index (χ2n) is 6.02. The van der Waals surface area contributed by atoms with Crippen LogP contribution in [0.2, 0.25) is 0 Å². The molecule has 2 rings (SSSR count). The molecule has 106 valence electrons. The first kappa shape index (κ1) is 14.3. The molecule has 0 atom stereocenters. The second kappa shape index (κ2) is 7.43. The average Bonchev–Trinajstić information content (AvgIpc) is 2.40. The van der Waals surface area contributed by atoms with Crippen LogP contribution < -0.4 is 5.32 Å². The smallest absolute Gasteiger partial charge is 0.0121 e. The van der Waals surface area contributed by atoms with Crippen LogP contribution in [-0.2, 0) is 0 Å². The molecule has 18 heavy (non-hydrogen) atoms. The van der Waals surface area contributed by atoms with Crippen LogP contribution in [0.25, 0.3) is 0 Å². The highest BCUT2D eigenvalue weighted by atomic mass is 15.2. The van der Waals surface area contributed by atoms with Gasteiger partial charge in [-0.25, -0.2) is 0 Å². The normalized spacial score (nSPS) is 24.8. The summed E-state index contributed by atoms with van der Waals surface area (Å²) in [6, 6.07) is 0.859. The summed E-state index contributed by atoms with van der Waals surface area (Å²) in [6.07, 6.45) is 4.06. The lowest BCUT2D eigenvalue weighted by molar-refractivity contribution is 0.0963. The standard InChI is InChI=1S/C14H30N4/c1-16(2)8-3-9-17-10-4-14(5-11-17)18-12-6-15-7-13-18/h14-15H,3-13H2,1-2H3. The van der Waals surface area contributed by atoms with E-state index < -0.39 is 0 Å². The van der Waals surface area contributed by atoms with E-state index in [2.05, 4.69) is 34.1 Å². The summed E-state index contributed by atoms with van der Waals surface area (Å²) in [5.41, 5.74) is 0. The monoisotopic (exact) mass is 254 g/mol. The molecule has 0 aromatic rings. The molecule has 0 aromatic heterocycles. The van der Waals surface area contributed by atoms with Gasteiger partial charge in [0.25, 0.3) is 0 Å². The van der Waals surface area contributed by atoms with Gasteiger partial charge in [0.05, 0.1) is 0 Å². The molecule has 0 amide bonds. The quantitative estimate of drug-likeness (QED) is 0.762. The molecule has 0 unspecified atom stereocenters. The summed E-state index contributed by atoms with van der Waals surface area (Å²) in [7, 11) is 4.33. The van der Waals surface area contributed by atoms with E-state index in [1.54, 1.807) is 0 Å². The van der Waals surface area contributed by atoms with Gasteiger partial charge in [-0.05, 0) is 59.5 Å². The Morgan fingerprint density at radius 3 is 2.33 bits per heavy atom. The Morgan fingerprint density at radius 1 is 1.06 bits per heavy atom. The van der Waals surface area contributed by atoms with Gasteiger partial charge < -0.3 is 15.1 Å². The lowest BCUT2D eigenvalue weighted by Gasteiger charge is -2.40. The van der Waals surface area contributed by atoms with E-state index in [9.17, 15) is 0 Å². The zero-order valence-corrected chi connectivity index (χ0v) is 12.2. The maximum atomic E-state index is 3.44. The van der Waals surface area contributed by atoms with E-state index in [1.807, 2.05) is 0 Å². The summed E-state index contributed by atoms with van der Waals surface area (Å²) in [5, 5.41) is 3.44. The van der Waals surface area contributed by atoms with E-state index >= 15 is 0 Å². The summed E-state index contributed by atoms with van der Waals surface area (Å²) in [4.78, 5) is 7.64. The molecule has 4 heteroatoms. The van der Waals surface area contributed by atoms with Gasteiger partial charge in [-0.15, -0.1) is 0 Å². The van der Waals surface area contributed by atoms with E-state index in [0.29, 0.717) is 0 Å². The number of hydrogen-bond acceptors (Lipinski definition) is 4. The Bertz CT molecular complexity index is 218. The maximum absolute atomic E-state index is 3.44. The van der Waals surface area contributed by atoms with Crippen LogP contribution in [0.3, 0.4) is 0 Å². The van der Waals surface area contributed by atoms with Crippen molar-refractivity contribution in [2.24, 2.45) is 0 Å². The van der Waals surface area contributed by atoms with Crippen molar-refractivity contribution in [1.29, 1.82) is 0 Å². The van der Waals surface area contributed by atoms with Crippen molar-refractivity contribution in [2.75, 3.05) is 66.5 Å². The Labute approximate surface area is 112 Å². The van der Waals surface area contributed by atoms with Gasteiger partial charge in [-0.3, -0.25) is 4.90 Å². The van der Waals surface area contributed by atoms with Gasteiger partial charge >= 0.3 is 0 Å². The number of likely N-dealkylation sites (tertiary alicyclic amines) is 1. The van der Waals surface area contributed by atoms with Crippen molar-refractivity contribution in [3.63, 3.8) is 0 Å². The van der Waals surface area contributed by atoms with E-state index in [0.717, 1.165) is 6.04 Å². The Balaban J connectivity index is 1.61. The average molecular weight is 254 g/mol. The Kier molecular flexibility index (Phi) is 5.89. The molecule has 0 aromatic carbocycles. The van der Waals surface area contributed by atoms with Crippen LogP contribution >= 0.6 is 0 Å². The largest absolute Gasteiger partial charge is 0.314 e. The van der Waals surface area contributed by atoms with Gasteiger partial charge in [-0.1, -0.05) is 0 Å². The SMILES string of the molecule is CN(C)CCCN1CCC(N2CCNCC2)CC1. The van der Waals surface area contributed by atoms with E-state index in [-0.39, 0.29) is 0 Å². The second-order valence-corrected chi connectivity index (χ2v) is 6.02. The molecule has 4 nitrogen and oxygen atoms in total. The van der Waals surface area contributed by atoms with Crippen LogP contribution in [0.1, 0.15) is 19.3 Å². The van der Waals surface area contributed by atoms with Crippen LogP contribution in [0, 0.1) is 0 Å². The van der Waals surface area contributed by atoms with Crippen LogP contribution in [0.4, 0.5) is 0 Å². The minimum Gasteiger partial charge on any atom is -0.314 e. The molecule has 2 saturated heterocycles. The maximum Gasteiger partial charge on any atom is 0.0121 e. The fraction of sp³-hybridized carbons (Fsp3) is 1.00. The van der Waals surface area contributed by atoms with Gasteiger partial charge in [-0.2, -0.15) is 0 Å². The van der Waals surface area contributed by atoms with E-state index in [1.165, 1.54) is 71.6 Å². The first-order valence-electron chi connectivity index (χ1n) is 7.57. The number of nitrogens with zero attached hydrogens (tertiary/aromatic N) is 3. The third-order valence-corrected chi connectivity index (χ3v) is 4.30. The predicted molar refractivity (Wildman–Crippen MR) is 77.1 cm³/mol. The summed E-state index contributed by atoms with van der Waals surface area (Å²) in [6.45, 7) is 10.00. The molecule has 0 bridgehead atoms. The first-order valence-corrected chi connectivity index (χ1v) is 7.57. The van der Waals surface area contributed by atoms with Gasteiger partial charge in [0.1, 0.15) is 0 Å². The fourth-order valence-electron chi connectivity index (χ4n) is 3.17. The molecule has 0 saturated carbocycles. The number of hydrogen-bond donors (Lipinski definition) is 1. The number of piperidine rings is 1. The van der Waals surface area contributed by atoms with Crippen LogP contribution in [0.15, 0.2) is 0 Å². The van der Waals surface area contributed by atoms with E-state index in [4.69, 9.17) is 0 Å². The first-order chi connectivity index (χ1) is 8.75. The Hall–Kier alpha value is -0.160. The minimum atomic E-state index is 0.859. The van der Waals surface area contributed by atoms with Gasteiger partial charge in [0.15, 0.2) is 0 Å². The number of piperazine rings is 1. The van der Waals surface area contributed by atoms with Crippen molar-refractivity contribution in [3.8, 4) is 0 Å². The molecule has 0 radical (unpaired) electrons. The topological polar surface area (TPSA) is 21.8 Å². The number of nitrogens with one attached hydrogen (secondary N) is 1. The molecule has 0 spiro atoms. The van der Waals surface area contributed by atoms with Crippen molar-refractivity contribution in [1.82, 2.24) is 20.0 Å². The zero-order chi connectivity index (χ0) is 12.8. The minimum absolute atomic E-state index is 0.859. The molecular weight excluding hydrogens is 224 g/mol. The third-order valence-electron chi connectivity index (χ3n) is 4.30. The molecule has 0 aliphatic carbocycles. The van der Waals surface area contributed by atoms with Crippen LogP contribution in [0.5, 0.6) is 0 Å². The number of rotatable bonds is 5. The third kappa shape index (κ3) is 4.50. The fourth-order valence-corrected chi connectivity index (χ4v) is 3.17. The van der Waals surface area contributed by atoms with Gasteiger partial charge in [0, 0.05) is 32.2 Å².